The van der Waals surface area contributed by atoms with Gasteiger partial charge in [-0.25, -0.2) is 4.79 Å². The van der Waals surface area contributed by atoms with Gasteiger partial charge in [0.15, 0.2) is 0 Å². The second-order valence-corrected chi connectivity index (χ2v) is 6.95. The zero-order valence-corrected chi connectivity index (χ0v) is 16.8. The SMILES string of the molecule is COc1ccc(CNC(=O)C2CCN(C(=O)Nc3ccccc3)CC2)c(OC)c1. The molecule has 1 aliphatic heterocycles. The van der Waals surface area contributed by atoms with Gasteiger partial charge in [0.25, 0.3) is 0 Å². The summed E-state index contributed by atoms with van der Waals surface area (Å²) in [5.74, 6) is 1.29. The van der Waals surface area contributed by atoms with Gasteiger partial charge in [-0.15, -0.1) is 0 Å². The maximum atomic E-state index is 12.6. The number of amides is 3. The molecular formula is C22H27N3O4. The topological polar surface area (TPSA) is 79.9 Å². The number of rotatable bonds is 6. The average molecular weight is 397 g/mol. The van der Waals surface area contributed by atoms with Crippen molar-refractivity contribution >= 4 is 17.6 Å². The molecule has 0 aromatic heterocycles. The number of hydrogen-bond acceptors (Lipinski definition) is 4. The van der Waals surface area contributed by atoms with Crippen LogP contribution in [0, 0.1) is 5.92 Å². The van der Waals surface area contributed by atoms with Gasteiger partial charge >= 0.3 is 6.03 Å². The molecule has 2 N–H and O–H groups in total. The maximum absolute atomic E-state index is 12.6. The van der Waals surface area contributed by atoms with Gasteiger partial charge in [-0.2, -0.15) is 0 Å². The number of piperidine rings is 1. The molecule has 2 aromatic carbocycles. The van der Waals surface area contributed by atoms with Crippen LogP contribution >= 0.6 is 0 Å². The molecule has 0 radical (unpaired) electrons. The minimum atomic E-state index is -0.127. The van der Waals surface area contributed by atoms with Crippen LogP contribution < -0.4 is 20.1 Å². The van der Waals surface area contributed by atoms with E-state index in [0.29, 0.717) is 44.0 Å². The summed E-state index contributed by atoms with van der Waals surface area (Å²) < 4.78 is 10.6. The van der Waals surface area contributed by atoms with Gasteiger partial charge in [0.2, 0.25) is 5.91 Å². The Morgan fingerprint density at radius 3 is 2.41 bits per heavy atom. The van der Waals surface area contributed by atoms with Gasteiger partial charge < -0.3 is 25.0 Å². The van der Waals surface area contributed by atoms with E-state index < -0.39 is 0 Å². The number of carbonyl (C=O) groups is 2. The van der Waals surface area contributed by atoms with Crippen LogP contribution in [-0.2, 0) is 11.3 Å². The summed E-state index contributed by atoms with van der Waals surface area (Å²) in [7, 11) is 3.19. The van der Waals surface area contributed by atoms with Crippen LogP contribution in [0.15, 0.2) is 48.5 Å². The Balaban J connectivity index is 1.47. The first-order chi connectivity index (χ1) is 14.1. The Labute approximate surface area is 171 Å². The Kier molecular flexibility index (Phi) is 6.94. The molecule has 154 valence electrons. The van der Waals surface area contributed by atoms with E-state index in [4.69, 9.17) is 9.47 Å². The van der Waals surface area contributed by atoms with E-state index in [0.717, 1.165) is 11.3 Å². The lowest BCUT2D eigenvalue weighted by Crippen LogP contribution is -2.44. The van der Waals surface area contributed by atoms with Gasteiger partial charge in [-0.05, 0) is 37.1 Å². The molecule has 7 nitrogen and oxygen atoms in total. The quantitative estimate of drug-likeness (QED) is 0.784. The third-order valence-electron chi connectivity index (χ3n) is 5.13. The highest BCUT2D eigenvalue weighted by atomic mass is 16.5. The summed E-state index contributed by atoms with van der Waals surface area (Å²) in [6.45, 7) is 1.51. The van der Waals surface area contributed by atoms with Crippen LogP contribution in [0.4, 0.5) is 10.5 Å². The van der Waals surface area contributed by atoms with Crippen molar-refractivity contribution < 1.29 is 19.1 Å². The standard InChI is InChI=1S/C22H27N3O4/c1-28-19-9-8-17(20(14-19)29-2)15-23-21(26)16-10-12-25(13-11-16)22(27)24-18-6-4-3-5-7-18/h3-9,14,16H,10-13,15H2,1-2H3,(H,23,26)(H,24,27). The van der Waals surface area contributed by atoms with Crippen molar-refractivity contribution in [2.75, 3.05) is 32.6 Å². The molecule has 3 rings (SSSR count). The molecule has 29 heavy (non-hydrogen) atoms. The highest BCUT2D eigenvalue weighted by Gasteiger charge is 2.27. The molecule has 1 heterocycles. The number of methoxy groups -OCH3 is 2. The van der Waals surface area contributed by atoms with Crippen LogP contribution in [-0.4, -0.2) is 44.1 Å². The lowest BCUT2D eigenvalue weighted by atomic mass is 9.96. The van der Waals surface area contributed by atoms with Crippen molar-refractivity contribution in [3.05, 3.63) is 54.1 Å². The smallest absolute Gasteiger partial charge is 0.321 e. The number of nitrogens with one attached hydrogen (secondary N) is 2. The van der Waals surface area contributed by atoms with Crippen molar-refractivity contribution in [1.29, 1.82) is 0 Å². The third-order valence-corrected chi connectivity index (χ3v) is 5.13. The van der Waals surface area contributed by atoms with E-state index >= 15 is 0 Å². The predicted octanol–water partition coefficient (Wildman–Crippen LogP) is 3.26. The van der Waals surface area contributed by atoms with Gasteiger partial charge in [-0.3, -0.25) is 4.79 Å². The van der Waals surface area contributed by atoms with Crippen LogP contribution in [0.25, 0.3) is 0 Å². The molecule has 2 aromatic rings. The lowest BCUT2D eigenvalue weighted by molar-refractivity contribution is -0.126. The second kappa shape index (κ2) is 9.82. The number of ether oxygens (including phenoxy) is 2. The fourth-order valence-corrected chi connectivity index (χ4v) is 3.39. The number of hydrogen-bond donors (Lipinski definition) is 2. The van der Waals surface area contributed by atoms with Crippen LogP contribution in [0.1, 0.15) is 18.4 Å². The first-order valence-corrected chi connectivity index (χ1v) is 9.70. The fraction of sp³-hybridized carbons (Fsp3) is 0.364. The molecule has 3 amide bonds. The van der Waals surface area contributed by atoms with E-state index in [9.17, 15) is 9.59 Å². The number of para-hydroxylation sites is 1. The average Bonchev–Trinajstić information content (AvgIpc) is 2.78. The summed E-state index contributed by atoms with van der Waals surface area (Å²) in [5.41, 5.74) is 1.66. The van der Waals surface area contributed by atoms with E-state index in [1.807, 2.05) is 42.5 Å². The monoisotopic (exact) mass is 397 g/mol. The molecule has 0 aliphatic carbocycles. The second-order valence-electron chi connectivity index (χ2n) is 6.95. The highest BCUT2D eigenvalue weighted by molar-refractivity contribution is 5.89. The molecule has 1 fully saturated rings. The number of anilines is 1. The van der Waals surface area contributed by atoms with Gasteiger partial charge in [0.1, 0.15) is 11.5 Å². The van der Waals surface area contributed by atoms with Crippen LogP contribution in [0.2, 0.25) is 0 Å². The summed E-state index contributed by atoms with van der Waals surface area (Å²) in [6.07, 6.45) is 1.29. The molecule has 1 aliphatic rings. The van der Waals surface area contributed by atoms with Crippen molar-refractivity contribution in [3.8, 4) is 11.5 Å². The van der Waals surface area contributed by atoms with E-state index in [-0.39, 0.29) is 17.9 Å². The number of carbonyl (C=O) groups excluding carboxylic acids is 2. The Morgan fingerprint density at radius 2 is 1.76 bits per heavy atom. The summed E-state index contributed by atoms with van der Waals surface area (Å²) >= 11 is 0. The maximum Gasteiger partial charge on any atom is 0.321 e. The van der Waals surface area contributed by atoms with Crippen LogP contribution in [0.3, 0.4) is 0 Å². The fourth-order valence-electron chi connectivity index (χ4n) is 3.39. The minimum absolute atomic E-state index is 0.00555. The van der Waals surface area contributed by atoms with E-state index in [1.165, 1.54) is 0 Å². The Bertz CT molecular complexity index is 833. The number of nitrogens with zero attached hydrogens (tertiary/aromatic N) is 1. The minimum Gasteiger partial charge on any atom is -0.497 e. The van der Waals surface area contributed by atoms with Gasteiger partial charge in [-0.1, -0.05) is 18.2 Å². The number of benzene rings is 2. The first-order valence-electron chi connectivity index (χ1n) is 9.70. The molecule has 0 saturated carbocycles. The molecule has 1 saturated heterocycles. The normalized spacial score (nSPS) is 14.2. The first kappa shape index (κ1) is 20.5. The summed E-state index contributed by atoms with van der Waals surface area (Å²) in [6, 6.07) is 14.8. The largest absolute Gasteiger partial charge is 0.497 e. The molecule has 0 unspecified atom stereocenters. The highest BCUT2D eigenvalue weighted by Crippen LogP contribution is 2.25. The molecule has 0 bridgehead atoms. The summed E-state index contributed by atoms with van der Waals surface area (Å²) in [5, 5.41) is 5.87. The van der Waals surface area contributed by atoms with Crippen molar-refractivity contribution in [2.24, 2.45) is 5.92 Å². The molecule has 0 atom stereocenters. The molecule has 0 spiro atoms. The Hall–Kier alpha value is -3.22. The van der Waals surface area contributed by atoms with Crippen molar-refractivity contribution in [2.45, 2.75) is 19.4 Å². The van der Waals surface area contributed by atoms with Crippen molar-refractivity contribution in [3.63, 3.8) is 0 Å². The van der Waals surface area contributed by atoms with Gasteiger partial charge in [0, 0.05) is 42.9 Å². The molecular weight excluding hydrogens is 370 g/mol. The van der Waals surface area contributed by atoms with Gasteiger partial charge in [0.05, 0.1) is 14.2 Å². The number of urea groups is 1. The Morgan fingerprint density at radius 1 is 1.03 bits per heavy atom. The zero-order valence-electron chi connectivity index (χ0n) is 16.8. The summed E-state index contributed by atoms with van der Waals surface area (Å²) in [4.78, 5) is 26.7. The van der Waals surface area contributed by atoms with Crippen LogP contribution in [0.5, 0.6) is 11.5 Å². The van der Waals surface area contributed by atoms with E-state index in [1.54, 1.807) is 25.2 Å². The predicted molar refractivity (Wildman–Crippen MR) is 111 cm³/mol. The van der Waals surface area contributed by atoms with E-state index in [2.05, 4.69) is 10.6 Å². The molecule has 7 heteroatoms. The zero-order chi connectivity index (χ0) is 20.6. The number of likely N-dealkylation sites (tertiary alicyclic amines) is 1. The lowest BCUT2D eigenvalue weighted by Gasteiger charge is -2.31. The van der Waals surface area contributed by atoms with Crippen molar-refractivity contribution in [1.82, 2.24) is 10.2 Å². The third kappa shape index (κ3) is 5.40.